The summed E-state index contributed by atoms with van der Waals surface area (Å²) in [5.41, 5.74) is 1.23. The number of allylic oxidation sites excluding steroid dienone is 3. The molecule has 0 radical (unpaired) electrons. The maximum absolute atomic E-state index is 12.8. The third-order valence-electron chi connectivity index (χ3n) is 11.7. The van der Waals surface area contributed by atoms with Crippen LogP contribution >= 0.6 is 21.6 Å². The van der Waals surface area contributed by atoms with Crippen molar-refractivity contribution in [1.82, 2.24) is 10.6 Å². The Hall–Kier alpha value is -2.34. The van der Waals surface area contributed by atoms with Gasteiger partial charge in [0.05, 0.1) is 78.4 Å². The third kappa shape index (κ3) is 20.4. The van der Waals surface area contributed by atoms with Gasteiger partial charge in [-0.2, -0.15) is 0 Å². The van der Waals surface area contributed by atoms with E-state index in [9.17, 15) is 19.2 Å². The molecule has 16 heteroatoms. The monoisotopic (exact) mass is 898 g/mol. The molecule has 0 spiro atoms. The standard InChI is InChI=1S/C45H74N2O12S2/c1-5-33(3)44(50)59-40-29-32(2)28-35-11-10-34(4)39(43(35)40)13-12-36-30-37(31-42(49)57-36)58-45(51)47-16-18-53-20-22-55-24-26-56-25-23-54-21-19-52-17-15-46-41(48)9-7-6-8-38-14-27-60-61-38/h10-11,28,32-34,36-40,43H,5-9,12-27,29-31H2,1-4H3,(H,46,48)(H,47,51). The lowest BCUT2D eigenvalue weighted by atomic mass is 9.65. The van der Waals surface area contributed by atoms with Gasteiger partial charge < -0.3 is 48.5 Å². The number of hydrogen-bond donors (Lipinski definition) is 2. The van der Waals surface area contributed by atoms with Crippen molar-refractivity contribution in [2.24, 2.45) is 29.6 Å². The Kier molecular flexibility index (Phi) is 25.2. The Bertz CT molecular complexity index is 1360. The number of fused-ring (bicyclic) bond motifs is 1. The number of amides is 2. The van der Waals surface area contributed by atoms with Crippen LogP contribution in [0, 0.1) is 29.6 Å². The molecule has 2 fully saturated rings. The first kappa shape index (κ1) is 51.3. The van der Waals surface area contributed by atoms with Gasteiger partial charge in [-0.3, -0.25) is 14.4 Å². The summed E-state index contributed by atoms with van der Waals surface area (Å²) in [5.74, 6) is 1.62. The van der Waals surface area contributed by atoms with Crippen LogP contribution in [0.25, 0.3) is 0 Å². The number of nitrogens with one attached hydrogen (secondary N) is 2. The van der Waals surface area contributed by atoms with Crippen LogP contribution in [-0.2, 0) is 52.3 Å². The van der Waals surface area contributed by atoms with E-state index in [2.05, 4.69) is 42.7 Å². The average Bonchev–Trinajstić information content (AvgIpc) is 3.76. The third-order valence-corrected chi connectivity index (χ3v) is 14.7. The fraction of sp³-hybridized carbons (Fsp3) is 0.822. The predicted molar refractivity (Wildman–Crippen MR) is 237 cm³/mol. The normalized spacial score (nSPS) is 26.5. The molecule has 14 nitrogen and oxygen atoms in total. The lowest BCUT2D eigenvalue weighted by Gasteiger charge is -2.43. The van der Waals surface area contributed by atoms with Crippen molar-refractivity contribution < 1.29 is 57.1 Å². The molecular weight excluding hydrogens is 825 g/mol. The summed E-state index contributed by atoms with van der Waals surface area (Å²) in [7, 11) is 3.95. The van der Waals surface area contributed by atoms with Gasteiger partial charge >= 0.3 is 18.0 Å². The molecule has 0 aromatic rings. The summed E-state index contributed by atoms with van der Waals surface area (Å²) in [6, 6.07) is 0. The van der Waals surface area contributed by atoms with Crippen molar-refractivity contribution in [3.05, 3.63) is 23.8 Å². The predicted octanol–water partition coefficient (Wildman–Crippen LogP) is 6.84. The van der Waals surface area contributed by atoms with E-state index in [-0.39, 0.29) is 73.3 Å². The minimum atomic E-state index is -0.593. The highest BCUT2D eigenvalue weighted by Crippen LogP contribution is 2.45. The first-order valence-electron chi connectivity index (χ1n) is 22.8. The first-order valence-corrected chi connectivity index (χ1v) is 25.2. The molecule has 61 heavy (non-hydrogen) atoms. The van der Waals surface area contributed by atoms with Crippen molar-refractivity contribution in [1.29, 1.82) is 0 Å². The van der Waals surface area contributed by atoms with E-state index >= 15 is 0 Å². The van der Waals surface area contributed by atoms with Gasteiger partial charge in [-0.25, -0.2) is 4.79 Å². The summed E-state index contributed by atoms with van der Waals surface area (Å²) in [6.07, 6.45) is 13.6. The maximum Gasteiger partial charge on any atom is 0.407 e. The van der Waals surface area contributed by atoms with Crippen LogP contribution in [0.1, 0.15) is 98.3 Å². The zero-order chi connectivity index (χ0) is 43.7. The fourth-order valence-electron chi connectivity index (χ4n) is 8.12. The molecule has 2 saturated heterocycles. The Labute approximate surface area is 372 Å². The molecule has 2 aliphatic heterocycles. The van der Waals surface area contributed by atoms with E-state index in [1.807, 2.05) is 35.4 Å². The molecule has 2 N–H and O–H groups in total. The van der Waals surface area contributed by atoms with E-state index in [0.717, 1.165) is 37.4 Å². The summed E-state index contributed by atoms with van der Waals surface area (Å²) >= 11 is 0. The smallest absolute Gasteiger partial charge is 0.407 e. The number of esters is 2. The van der Waals surface area contributed by atoms with Gasteiger partial charge in [-0.15, -0.1) is 0 Å². The van der Waals surface area contributed by atoms with E-state index in [0.29, 0.717) is 91.2 Å². The number of cyclic esters (lactones) is 1. The van der Waals surface area contributed by atoms with E-state index in [1.54, 1.807) is 0 Å². The van der Waals surface area contributed by atoms with E-state index in [1.165, 1.54) is 24.2 Å². The second-order valence-electron chi connectivity index (χ2n) is 16.6. The lowest BCUT2D eigenvalue weighted by Crippen LogP contribution is -2.42. The van der Waals surface area contributed by atoms with Crippen LogP contribution in [-0.4, -0.2) is 132 Å². The molecule has 9 atom stereocenters. The summed E-state index contributed by atoms with van der Waals surface area (Å²) < 4.78 is 45.1. The quantitative estimate of drug-likeness (QED) is 0.0333. The molecule has 2 heterocycles. The first-order chi connectivity index (χ1) is 29.6. The number of rotatable bonds is 30. The number of alkyl carbamates (subject to hydrolysis) is 1. The van der Waals surface area contributed by atoms with Crippen LogP contribution in [0.3, 0.4) is 0 Å². The molecule has 348 valence electrons. The number of unbranched alkanes of at least 4 members (excludes halogenated alkanes) is 1. The molecule has 2 amide bonds. The van der Waals surface area contributed by atoms with Crippen LogP contribution in [0.5, 0.6) is 0 Å². The van der Waals surface area contributed by atoms with Crippen molar-refractivity contribution in [2.45, 2.75) is 122 Å². The van der Waals surface area contributed by atoms with Crippen molar-refractivity contribution in [2.75, 3.05) is 84.9 Å². The molecule has 4 aliphatic rings. The second-order valence-corrected chi connectivity index (χ2v) is 19.4. The van der Waals surface area contributed by atoms with E-state index in [4.69, 9.17) is 37.9 Å². The van der Waals surface area contributed by atoms with Gasteiger partial charge in [-0.1, -0.05) is 73.9 Å². The molecule has 0 aromatic carbocycles. The SMILES string of the molecule is CCC(C)C(=O)OC1CC(C)C=C2C=CC(C)C(CCC3CC(OC(=O)NCCOCCOCCOCCOCCOCCNC(=O)CCCCC4CCSS4)CC(=O)O3)C21. The molecular formula is C45H74N2O12S2. The minimum absolute atomic E-state index is 0.0233. The number of ether oxygens (including phenoxy) is 8. The highest BCUT2D eigenvalue weighted by molar-refractivity contribution is 8.77. The van der Waals surface area contributed by atoms with Gasteiger partial charge in [0.25, 0.3) is 0 Å². The van der Waals surface area contributed by atoms with Crippen LogP contribution < -0.4 is 10.6 Å². The highest BCUT2D eigenvalue weighted by atomic mass is 33.1. The van der Waals surface area contributed by atoms with Gasteiger partial charge in [0.2, 0.25) is 5.91 Å². The topological polar surface area (TPSA) is 166 Å². The summed E-state index contributed by atoms with van der Waals surface area (Å²) in [6.45, 7) is 13.3. The van der Waals surface area contributed by atoms with Crippen molar-refractivity contribution in [3.8, 4) is 0 Å². The summed E-state index contributed by atoms with van der Waals surface area (Å²) in [4.78, 5) is 49.9. The Morgan fingerprint density at radius 1 is 0.836 bits per heavy atom. The van der Waals surface area contributed by atoms with Gasteiger partial charge in [0.15, 0.2) is 0 Å². The molecule has 0 saturated carbocycles. The highest BCUT2D eigenvalue weighted by Gasteiger charge is 2.42. The minimum Gasteiger partial charge on any atom is -0.462 e. The summed E-state index contributed by atoms with van der Waals surface area (Å²) in [5, 5.41) is 6.38. The Balaban J connectivity index is 0.944. The van der Waals surface area contributed by atoms with E-state index < -0.39 is 12.2 Å². The largest absolute Gasteiger partial charge is 0.462 e. The van der Waals surface area contributed by atoms with Gasteiger partial charge in [-0.05, 0) is 68.3 Å². The number of carbonyl (C=O) groups excluding carboxylic acids is 4. The van der Waals surface area contributed by atoms with Crippen LogP contribution in [0.15, 0.2) is 23.8 Å². The zero-order valence-corrected chi connectivity index (χ0v) is 38.7. The number of carbonyl (C=O) groups is 4. The van der Waals surface area contributed by atoms with Gasteiger partial charge in [0.1, 0.15) is 18.3 Å². The second kappa shape index (κ2) is 29.9. The Morgan fingerprint density at radius 3 is 2.13 bits per heavy atom. The van der Waals surface area contributed by atoms with Crippen LogP contribution in [0.4, 0.5) is 4.79 Å². The fourth-order valence-corrected chi connectivity index (χ4v) is 11.1. The molecule has 2 aliphatic carbocycles. The molecule has 4 rings (SSSR count). The molecule has 9 unspecified atom stereocenters. The van der Waals surface area contributed by atoms with Crippen molar-refractivity contribution >= 4 is 45.5 Å². The molecule has 0 bridgehead atoms. The maximum atomic E-state index is 12.8. The number of hydrogen-bond acceptors (Lipinski definition) is 14. The molecule has 0 aromatic heterocycles. The lowest BCUT2D eigenvalue weighted by molar-refractivity contribution is -0.162. The average molecular weight is 899 g/mol. The van der Waals surface area contributed by atoms with Crippen LogP contribution in [0.2, 0.25) is 0 Å². The Morgan fingerprint density at radius 2 is 1.49 bits per heavy atom. The van der Waals surface area contributed by atoms with Crippen molar-refractivity contribution in [3.63, 3.8) is 0 Å². The van der Waals surface area contributed by atoms with Gasteiger partial charge in [0, 0.05) is 42.9 Å². The zero-order valence-electron chi connectivity index (χ0n) is 37.1.